The number of aliphatic hydroxyl groups excluding tert-OH is 1. The standard InChI is InChI=1S/C15H12ClN3O3S/c16-12-6-5-11(23-12)10(20)7-17-15(22)13-8-3-1-2-4-9(8)14(21)19-18-13/h1-6,10,20H,7H2,(H,17,22)(H,19,21). The van der Waals surface area contributed by atoms with Gasteiger partial charge in [-0.2, -0.15) is 5.10 Å². The topological polar surface area (TPSA) is 95.1 Å². The first-order valence-electron chi connectivity index (χ1n) is 6.75. The predicted molar refractivity (Wildman–Crippen MR) is 89.0 cm³/mol. The number of fused-ring (bicyclic) bond motifs is 1. The number of nitrogens with zero attached hydrogens (tertiary/aromatic N) is 1. The van der Waals surface area contributed by atoms with Crippen LogP contribution in [0.2, 0.25) is 4.34 Å². The van der Waals surface area contributed by atoms with Crippen LogP contribution in [0, 0.1) is 0 Å². The van der Waals surface area contributed by atoms with Gasteiger partial charge >= 0.3 is 0 Å². The van der Waals surface area contributed by atoms with Crippen molar-refractivity contribution < 1.29 is 9.90 Å². The van der Waals surface area contributed by atoms with Crippen molar-refractivity contribution >= 4 is 39.6 Å². The van der Waals surface area contributed by atoms with E-state index >= 15 is 0 Å². The lowest BCUT2D eigenvalue weighted by Gasteiger charge is -2.10. The van der Waals surface area contributed by atoms with E-state index in [9.17, 15) is 14.7 Å². The molecule has 0 aliphatic heterocycles. The fraction of sp³-hybridized carbons (Fsp3) is 0.133. The normalized spacial score (nSPS) is 12.3. The molecular formula is C15H12ClN3O3S. The molecule has 3 N–H and O–H groups in total. The summed E-state index contributed by atoms with van der Waals surface area (Å²) in [6.07, 6.45) is -0.856. The van der Waals surface area contributed by atoms with E-state index in [1.165, 1.54) is 11.3 Å². The van der Waals surface area contributed by atoms with E-state index in [0.717, 1.165) is 0 Å². The van der Waals surface area contributed by atoms with Crippen LogP contribution in [0.3, 0.4) is 0 Å². The maximum atomic E-state index is 12.3. The molecule has 118 valence electrons. The number of amides is 1. The largest absolute Gasteiger partial charge is 0.386 e. The minimum absolute atomic E-state index is 0.0187. The summed E-state index contributed by atoms with van der Waals surface area (Å²) >= 11 is 7.07. The molecule has 3 aromatic rings. The lowest BCUT2D eigenvalue weighted by Crippen LogP contribution is -2.30. The highest BCUT2D eigenvalue weighted by atomic mass is 35.5. The van der Waals surface area contributed by atoms with Crippen LogP contribution in [0.5, 0.6) is 0 Å². The zero-order valence-corrected chi connectivity index (χ0v) is 13.3. The van der Waals surface area contributed by atoms with Gasteiger partial charge in [0.1, 0.15) is 6.10 Å². The Labute approximate surface area is 139 Å². The van der Waals surface area contributed by atoms with E-state index in [4.69, 9.17) is 11.6 Å². The van der Waals surface area contributed by atoms with Crippen molar-refractivity contribution in [3.63, 3.8) is 0 Å². The summed E-state index contributed by atoms with van der Waals surface area (Å²) in [5.41, 5.74) is -0.248. The SMILES string of the molecule is O=C(NCC(O)c1ccc(Cl)s1)c1n[nH]c(=O)c2ccccc12. The molecule has 2 aromatic heterocycles. The van der Waals surface area contributed by atoms with Gasteiger partial charge in [0, 0.05) is 16.8 Å². The maximum Gasteiger partial charge on any atom is 0.272 e. The van der Waals surface area contributed by atoms with Gasteiger partial charge < -0.3 is 10.4 Å². The van der Waals surface area contributed by atoms with Crippen LogP contribution < -0.4 is 10.9 Å². The highest BCUT2D eigenvalue weighted by Gasteiger charge is 2.16. The smallest absolute Gasteiger partial charge is 0.272 e. The van der Waals surface area contributed by atoms with Crippen molar-refractivity contribution in [1.29, 1.82) is 0 Å². The van der Waals surface area contributed by atoms with Crippen molar-refractivity contribution in [2.75, 3.05) is 6.54 Å². The number of nitrogens with one attached hydrogen (secondary N) is 2. The van der Waals surface area contributed by atoms with Crippen molar-refractivity contribution in [2.45, 2.75) is 6.10 Å². The summed E-state index contributed by atoms with van der Waals surface area (Å²) in [6, 6.07) is 10.1. The molecule has 0 radical (unpaired) electrons. The molecule has 2 heterocycles. The van der Waals surface area contributed by atoms with Crippen LogP contribution >= 0.6 is 22.9 Å². The number of benzene rings is 1. The Morgan fingerprint density at radius 2 is 2.04 bits per heavy atom. The van der Waals surface area contributed by atoms with Crippen LogP contribution in [0.25, 0.3) is 10.8 Å². The second-order valence-electron chi connectivity index (χ2n) is 4.81. The molecule has 1 aromatic carbocycles. The van der Waals surface area contributed by atoms with E-state index in [-0.39, 0.29) is 17.8 Å². The van der Waals surface area contributed by atoms with E-state index in [0.29, 0.717) is 20.0 Å². The average molecular weight is 350 g/mol. The van der Waals surface area contributed by atoms with E-state index < -0.39 is 12.0 Å². The Morgan fingerprint density at radius 1 is 1.30 bits per heavy atom. The minimum atomic E-state index is -0.856. The third-order valence-electron chi connectivity index (χ3n) is 3.29. The third-order valence-corrected chi connectivity index (χ3v) is 4.62. The monoisotopic (exact) mass is 349 g/mol. The van der Waals surface area contributed by atoms with Gasteiger partial charge in [0.25, 0.3) is 11.5 Å². The van der Waals surface area contributed by atoms with Gasteiger partial charge in [-0.05, 0) is 18.2 Å². The van der Waals surface area contributed by atoms with E-state index in [1.54, 1.807) is 36.4 Å². The van der Waals surface area contributed by atoms with Crippen molar-refractivity contribution in [2.24, 2.45) is 0 Å². The highest BCUT2D eigenvalue weighted by Crippen LogP contribution is 2.26. The number of carbonyl (C=O) groups is 1. The number of hydrogen-bond acceptors (Lipinski definition) is 5. The molecule has 0 bridgehead atoms. The number of halogens is 1. The van der Waals surface area contributed by atoms with Gasteiger partial charge in [-0.15, -0.1) is 11.3 Å². The predicted octanol–water partition coefficient (Wildman–Crippen LogP) is 2.10. The second kappa shape index (κ2) is 6.49. The Kier molecular flexibility index (Phi) is 4.42. The first-order valence-corrected chi connectivity index (χ1v) is 7.94. The molecule has 1 amide bonds. The number of hydrogen-bond donors (Lipinski definition) is 3. The molecule has 23 heavy (non-hydrogen) atoms. The quantitative estimate of drug-likeness (QED) is 0.672. The lowest BCUT2D eigenvalue weighted by atomic mass is 10.1. The Balaban J connectivity index is 1.79. The fourth-order valence-electron chi connectivity index (χ4n) is 2.17. The molecule has 0 aliphatic carbocycles. The van der Waals surface area contributed by atoms with Crippen LogP contribution in [-0.4, -0.2) is 27.8 Å². The van der Waals surface area contributed by atoms with E-state index in [1.807, 2.05) is 0 Å². The number of aliphatic hydroxyl groups is 1. The van der Waals surface area contributed by atoms with Gasteiger partial charge in [0.05, 0.1) is 9.72 Å². The molecular weight excluding hydrogens is 338 g/mol. The van der Waals surface area contributed by atoms with Gasteiger partial charge in [0.2, 0.25) is 0 Å². The first kappa shape index (κ1) is 15.7. The molecule has 0 spiro atoms. The summed E-state index contributed by atoms with van der Waals surface area (Å²) in [7, 11) is 0. The van der Waals surface area contributed by atoms with Crippen LogP contribution in [0.15, 0.2) is 41.2 Å². The van der Waals surface area contributed by atoms with Crippen molar-refractivity contribution in [1.82, 2.24) is 15.5 Å². The van der Waals surface area contributed by atoms with Crippen LogP contribution in [0.4, 0.5) is 0 Å². The zero-order valence-electron chi connectivity index (χ0n) is 11.7. The van der Waals surface area contributed by atoms with Gasteiger partial charge in [0.15, 0.2) is 5.69 Å². The maximum absolute atomic E-state index is 12.3. The van der Waals surface area contributed by atoms with Crippen LogP contribution in [-0.2, 0) is 0 Å². The van der Waals surface area contributed by atoms with Crippen molar-refractivity contribution in [3.8, 4) is 0 Å². The summed E-state index contributed by atoms with van der Waals surface area (Å²) in [5.74, 6) is -0.473. The molecule has 1 atom stereocenters. The van der Waals surface area contributed by atoms with Crippen LogP contribution in [0.1, 0.15) is 21.5 Å². The number of carbonyl (C=O) groups excluding carboxylic acids is 1. The van der Waals surface area contributed by atoms with Crippen molar-refractivity contribution in [3.05, 3.63) is 61.7 Å². The average Bonchev–Trinajstić information content (AvgIpc) is 2.99. The summed E-state index contributed by atoms with van der Waals surface area (Å²) < 4.78 is 0.568. The van der Waals surface area contributed by atoms with Gasteiger partial charge in [-0.25, -0.2) is 5.10 Å². The Morgan fingerprint density at radius 3 is 2.74 bits per heavy atom. The molecule has 6 nitrogen and oxygen atoms in total. The third kappa shape index (κ3) is 3.26. The number of aromatic amines is 1. The first-order chi connectivity index (χ1) is 11.1. The summed E-state index contributed by atoms with van der Waals surface area (Å²) in [4.78, 5) is 24.6. The van der Waals surface area contributed by atoms with Gasteiger partial charge in [-0.1, -0.05) is 29.8 Å². The highest BCUT2D eigenvalue weighted by molar-refractivity contribution is 7.16. The number of rotatable bonds is 4. The molecule has 8 heteroatoms. The molecule has 0 saturated heterocycles. The second-order valence-corrected chi connectivity index (χ2v) is 6.56. The summed E-state index contributed by atoms with van der Waals surface area (Å²) in [5, 5.41) is 19.6. The number of H-pyrrole nitrogens is 1. The number of aromatic nitrogens is 2. The Bertz CT molecular complexity index is 921. The lowest BCUT2D eigenvalue weighted by molar-refractivity contribution is 0.0914. The number of thiophene rings is 1. The molecule has 0 aliphatic rings. The minimum Gasteiger partial charge on any atom is -0.386 e. The zero-order chi connectivity index (χ0) is 16.4. The molecule has 1 unspecified atom stereocenters. The Hall–Kier alpha value is -2.22. The molecule has 0 saturated carbocycles. The molecule has 0 fully saturated rings. The fourth-order valence-corrected chi connectivity index (χ4v) is 3.22. The van der Waals surface area contributed by atoms with Gasteiger partial charge in [-0.3, -0.25) is 9.59 Å². The van der Waals surface area contributed by atoms with E-state index in [2.05, 4.69) is 15.5 Å². The summed E-state index contributed by atoms with van der Waals surface area (Å²) in [6.45, 7) is 0.0187. The molecule has 3 rings (SSSR count).